The van der Waals surface area contributed by atoms with Crippen molar-refractivity contribution in [2.45, 2.75) is 44.9 Å². The Labute approximate surface area is 120 Å². The van der Waals surface area contributed by atoms with Gasteiger partial charge in [-0.3, -0.25) is 4.57 Å². The third-order valence-corrected chi connectivity index (χ3v) is 5.54. The first kappa shape index (κ1) is 17.4. The summed E-state index contributed by atoms with van der Waals surface area (Å²) in [5.41, 5.74) is 0.0757. The van der Waals surface area contributed by atoms with E-state index in [9.17, 15) is 19.4 Å². The number of aliphatic carboxylic acids is 1. The molecule has 1 saturated carbocycles. The Morgan fingerprint density at radius 2 is 1.85 bits per heavy atom. The first-order valence-electron chi connectivity index (χ1n) is 7.30. The van der Waals surface area contributed by atoms with Gasteiger partial charge in [-0.1, -0.05) is 25.3 Å². The number of unbranched alkanes of at least 4 members (excludes halogenated alkanes) is 1. The number of carboxylic acid groups (broad SMARTS) is 1. The predicted molar refractivity (Wildman–Crippen MR) is 78.2 cm³/mol. The fraction of sp³-hybridized carbons (Fsp3) is 0.786. The predicted octanol–water partition coefficient (Wildman–Crippen LogP) is 2.62. The van der Waals surface area contributed by atoms with Gasteiger partial charge in [0, 0.05) is 18.3 Å². The molecule has 1 unspecified atom stereocenters. The van der Waals surface area contributed by atoms with Gasteiger partial charge in [0.15, 0.2) is 0 Å². The molecule has 1 atom stereocenters. The number of hydrogen-bond donors (Lipinski definition) is 3. The van der Waals surface area contributed by atoms with Crippen LogP contribution in [0.5, 0.6) is 0 Å². The molecule has 0 aromatic rings. The van der Waals surface area contributed by atoms with E-state index in [1.54, 1.807) is 6.08 Å². The molecule has 20 heavy (non-hydrogen) atoms. The molecular weight excluding hydrogens is 279 g/mol. The summed E-state index contributed by atoms with van der Waals surface area (Å²) in [5.74, 6) is -0.862. The van der Waals surface area contributed by atoms with Crippen LogP contribution in [-0.2, 0) is 9.36 Å². The summed E-state index contributed by atoms with van der Waals surface area (Å²) in [5, 5.41) is 17.9. The van der Waals surface area contributed by atoms with E-state index in [0.717, 1.165) is 25.7 Å². The maximum Gasteiger partial charge on any atom is 0.331 e. The van der Waals surface area contributed by atoms with E-state index in [2.05, 4.69) is 0 Å². The molecule has 1 aliphatic carbocycles. The van der Waals surface area contributed by atoms with Gasteiger partial charge in [0.05, 0.1) is 6.16 Å². The van der Waals surface area contributed by atoms with Crippen LogP contribution in [0, 0.1) is 5.92 Å². The van der Waals surface area contributed by atoms with Crippen LogP contribution >= 0.6 is 7.37 Å². The molecule has 0 aliphatic heterocycles. The first-order valence-corrected chi connectivity index (χ1v) is 9.33. The van der Waals surface area contributed by atoms with Crippen molar-refractivity contribution in [3.63, 3.8) is 0 Å². The second-order valence-electron chi connectivity index (χ2n) is 5.55. The summed E-state index contributed by atoms with van der Waals surface area (Å²) in [6, 6.07) is 0. The Morgan fingerprint density at radius 1 is 1.20 bits per heavy atom. The van der Waals surface area contributed by atoms with E-state index in [1.807, 2.05) is 0 Å². The van der Waals surface area contributed by atoms with Crippen LogP contribution < -0.4 is 0 Å². The number of aliphatic hydroxyl groups is 1. The van der Waals surface area contributed by atoms with Crippen molar-refractivity contribution in [2.24, 2.45) is 5.92 Å². The molecule has 0 aromatic heterocycles. The average molecular weight is 304 g/mol. The summed E-state index contributed by atoms with van der Waals surface area (Å²) in [4.78, 5) is 21.1. The molecule has 1 fully saturated rings. The van der Waals surface area contributed by atoms with Gasteiger partial charge in [-0.05, 0) is 31.6 Å². The molecule has 0 heterocycles. The normalized spacial score (nSPS) is 20.6. The minimum Gasteiger partial charge on any atom is -0.478 e. The molecule has 0 aromatic carbocycles. The van der Waals surface area contributed by atoms with E-state index in [-0.39, 0.29) is 30.4 Å². The molecule has 3 N–H and O–H groups in total. The molecule has 0 saturated heterocycles. The maximum atomic E-state index is 12.0. The molecule has 6 heteroatoms. The van der Waals surface area contributed by atoms with Crippen LogP contribution in [0.3, 0.4) is 0 Å². The quantitative estimate of drug-likeness (QED) is 0.364. The van der Waals surface area contributed by atoms with E-state index >= 15 is 0 Å². The van der Waals surface area contributed by atoms with Crippen LogP contribution in [0.1, 0.15) is 44.9 Å². The number of allylic oxidation sites excluding steroid dienone is 1. The molecule has 1 rings (SSSR count). The summed E-state index contributed by atoms with van der Waals surface area (Å²) in [6.07, 6.45) is 7.74. The number of carboxylic acids is 1. The highest BCUT2D eigenvalue weighted by Gasteiger charge is 2.24. The lowest BCUT2D eigenvalue weighted by atomic mass is 9.88. The van der Waals surface area contributed by atoms with Crippen molar-refractivity contribution in [3.8, 4) is 0 Å². The third kappa shape index (κ3) is 6.69. The fourth-order valence-corrected chi connectivity index (χ4v) is 4.24. The second kappa shape index (κ2) is 8.60. The first-order chi connectivity index (χ1) is 9.44. The van der Waals surface area contributed by atoms with E-state index in [0.29, 0.717) is 12.8 Å². The van der Waals surface area contributed by atoms with Gasteiger partial charge < -0.3 is 15.1 Å². The van der Waals surface area contributed by atoms with Gasteiger partial charge >= 0.3 is 5.97 Å². The molecule has 1 aliphatic rings. The van der Waals surface area contributed by atoms with Crippen molar-refractivity contribution < 1.29 is 24.5 Å². The van der Waals surface area contributed by atoms with Crippen molar-refractivity contribution in [1.29, 1.82) is 0 Å². The largest absolute Gasteiger partial charge is 0.478 e. The highest BCUT2D eigenvalue weighted by atomic mass is 31.2. The summed E-state index contributed by atoms with van der Waals surface area (Å²) < 4.78 is 12.0. The molecule has 0 amide bonds. The van der Waals surface area contributed by atoms with E-state index < -0.39 is 13.3 Å². The monoisotopic (exact) mass is 304 g/mol. The summed E-state index contributed by atoms with van der Waals surface area (Å²) in [7, 11) is -3.46. The van der Waals surface area contributed by atoms with Crippen LogP contribution in [0.25, 0.3) is 0 Å². The zero-order valence-electron chi connectivity index (χ0n) is 11.8. The molecule has 116 valence electrons. The molecular formula is C14H25O5P. The minimum atomic E-state index is -3.46. The average Bonchev–Trinajstić information content (AvgIpc) is 2.39. The van der Waals surface area contributed by atoms with Crippen molar-refractivity contribution in [2.75, 3.05) is 18.9 Å². The van der Waals surface area contributed by atoms with Gasteiger partial charge in [-0.25, -0.2) is 4.79 Å². The zero-order chi connectivity index (χ0) is 15.0. The zero-order valence-corrected chi connectivity index (χ0v) is 12.7. The van der Waals surface area contributed by atoms with Crippen molar-refractivity contribution >= 4 is 13.3 Å². The fourth-order valence-electron chi connectivity index (χ4n) is 2.59. The van der Waals surface area contributed by atoms with Gasteiger partial charge in [-0.2, -0.15) is 0 Å². The second-order valence-corrected chi connectivity index (χ2v) is 8.01. The Balaban J connectivity index is 2.63. The van der Waals surface area contributed by atoms with Gasteiger partial charge in [0.25, 0.3) is 0 Å². The smallest absolute Gasteiger partial charge is 0.331 e. The maximum absolute atomic E-state index is 12.0. The Hall–Kier alpha value is -0.640. The van der Waals surface area contributed by atoms with Crippen LogP contribution in [0.4, 0.5) is 0 Å². The van der Waals surface area contributed by atoms with Crippen LogP contribution in [0.15, 0.2) is 11.6 Å². The lowest BCUT2D eigenvalue weighted by Crippen LogP contribution is -2.12. The highest BCUT2D eigenvalue weighted by Crippen LogP contribution is 2.43. The van der Waals surface area contributed by atoms with E-state index in [1.165, 1.54) is 6.42 Å². The molecule has 0 bridgehead atoms. The molecule has 0 radical (unpaired) electrons. The molecule has 0 spiro atoms. The Bertz CT molecular complexity index is 385. The van der Waals surface area contributed by atoms with Crippen LogP contribution in [-0.4, -0.2) is 40.0 Å². The number of carbonyl (C=O) groups is 1. The topological polar surface area (TPSA) is 94.8 Å². The Morgan fingerprint density at radius 3 is 2.40 bits per heavy atom. The Kier molecular flexibility index (Phi) is 7.49. The number of rotatable bonds is 8. The number of aliphatic hydroxyl groups excluding tert-OH is 1. The van der Waals surface area contributed by atoms with Crippen molar-refractivity contribution in [3.05, 3.63) is 11.6 Å². The summed E-state index contributed by atoms with van der Waals surface area (Å²) in [6.45, 7) is -0.0102. The lowest BCUT2D eigenvalue weighted by molar-refractivity contribution is -0.132. The standard InChI is InChI=1S/C14H25O5P/c15-8-4-5-9-20(18,19)11-13(14(16)17)10-12-6-2-1-3-7-12/h10,12,15H,1-9,11H2,(H,16,17)(H,18,19). The number of hydrogen-bond acceptors (Lipinski definition) is 3. The highest BCUT2D eigenvalue weighted by molar-refractivity contribution is 7.58. The summed E-state index contributed by atoms with van der Waals surface area (Å²) >= 11 is 0. The molecule has 5 nitrogen and oxygen atoms in total. The lowest BCUT2D eigenvalue weighted by Gasteiger charge is -2.19. The van der Waals surface area contributed by atoms with E-state index in [4.69, 9.17) is 5.11 Å². The van der Waals surface area contributed by atoms with Gasteiger partial charge in [-0.15, -0.1) is 0 Å². The van der Waals surface area contributed by atoms with Crippen LogP contribution in [0.2, 0.25) is 0 Å². The van der Waals surface area contributed by atoms with Gasteiger partial charge in [0.2, 0.25) is 7.37 Å². The van der Waals surface area contributed by atoms with Gasteiger partial charge in [0.1, 0.15) is 0 Å². The third-order valence-electron chi connectivity index (χ3n) is 3.69. The SMILES string of the molecule is O=C(O)C(=CC1CCCCC1)CP(=O)(O)CCCCO. The van der Waals surface area contributed by atoms with Crippen molar-refractivity contribution in [1.82, 2.24) is 0 Å². The minimum absolute atomic E-state index is 0.0102.